The molecule has 0 aromatic heterocycles. The predicted octanol–water partition coefficient (Wildman–Crippen LogP) is 0.309. The molecule has 3 heteroatoms. The first-order chi connectivity index (χ1) is 3.13. The fraction of sp³-hybridized carbons (Fsp3) is 0.800. The van der Waals surface area contributed by atoms with Crippen LogP contribution < -0.4 is 0 Å². The molecule has 0 rings (SSSR count). The second kappa shape index (κ2) is 6.23. The number of rotatable bonds is 1. The molecular formula is C5H11KO2. The Bertz CT molecular complexity index is 70.8. The van der Waals surface area contributed by atoms with Crippen LogP contribution >= 0.6 is 0 Å². The second-order valence-electron chi connectivity index (χ2n) is 1.66. The van der Waals surface area contributed by atoms with Crippen molar-refractivity contribution < 1.29 is 9.53 Å². The molecule has 2 nitrogen and oxygen atoms in total. The summed E-state index contributed by atoms with van der Waals surface area (Å²) in [6, 6.07) is 0. The maximum atomic E-state index is 10.0. The third-order valence-corrected chi connectivity index (χ3v) is 0.402. The Balaban J connectivity index is 0. The number of carbonyl (C=O) groups is 1. The van der Waals surface area contributed by atoms with Crippen LogP contribution in [0.3, 0.4) is 0 Å². The molecule has 0 spiro atoms. The van der Waals surface area contributed by atoms with Crippen molar-refractivity contribution >= 4 is 57.4 Å². The van der Waals surface area contributed by atoms with Gasteiger partial charge in [0.1, 0.15) is 0 Å². The fourth-order valence-electron chi connectivity index (χ4n) is 0.332. The molecule has 0 bridgehead atoms. The van der Waals surface area contributed by atoms with E-state index in [9.17, 15) is 4.79 Å². The van der Waals surface area contributed by atoms with Gasteiger partial charge in [0.25, 0.3) is 0 Å². The van der Waals surface area contributed by atoms with Crippen LogP contribution in [0.15, 0.2) is 0 Å². The number of carbonyl (C=O) groups excluding carboxylic acids is 1. The number of ether oxygens (including phenoxy) is 1. The molecule has 0 aromatic carbocycles. The molecule has 44 valence electrons. The Hall–Kier alpha value is 1.11. The zero-order valence-corrected chi connectivity index (χ0v) is 4.89. The van der Waals surface area contributed by atoms with Gasteiger partial charge in [0.15, 0.2) is 0 Å². The first kappa shape index (κ1) is 11.8. The molecule has 0 fully saturated rings. The van der Waals surface area contributed by atoms with Gasteiger partial charge in [0.2, 0.25) is 0 Å². The van der Waals surface area contributed by atoms with Gasteiger partial charge < -0.3 is 4.74 Å². The van der Waals surface area contributed by atoms with Crippen LogP contribution in [0.5, 0.6) is 0 Å². The summed E-state index contributed by atoms with van der Waals surface area (Å²) in [7, 11) is 0. The molecule has 0 aliphatic rings. The molecule has 0 atom stereocenters. The van der Waals surface area contributed by atoms with Crippen molar-refractivity contribution in [2.75, 3.05) is 0 Å². The van der Waals surface area contributed by atoms with Crippen molar-refractivity contribution in [3.8, 4) is 0 Å². The minimum atomic E-state index is -0.213. The first-order valence-electron chi connectivity index (χ1n) is 2.30. The van der Waals surface area contributed by atoms with E-state index in [-0.39, 0.29) is 63.5 Å². The molecule has 0 heterocycles. The van der Waals surface area contributed by atoms with Crippen molar-refractivity contribution in [2.24, 2.45) is 0 Å². The Morgan fingerprint density at radius 3 is 1.88 bits per heavy atom. The summed E-state index contributed by atoms with van der Waals surface area (Å²) in [6.45, 7) is 5.04. The van der Waals surface area contributed by atoms with E-state index >= 15 is 0 Å². The Morgan fingerprint density at radius 1 is 1.50 bits per heavy atom. The van der Waals surface area contributed by atoms with Crippen LogP contribution in [0.2, 0.25) is 0 Å². The van der Waals surface area contributed by atoms with Gasteiger partial charge in [-0.15, -0.1) is 0 Å². The second-order valence-corrected chi connectivity index (χ2v) is 1.66. The van der Waals surface area contributed by atoms with Gasteiger partial charge in [-0.05, 0) is 13.8 Å². The Morgan fingerprint density at radius 2 is 1.88 bits per heavy atom. The topological polar surface area (TPSA) is 26.3 Å². The first-order valence-corrected chi connectivity index (χ1v) is 2.30. The van der Waals surface area contributed by atoms with Crippen molar-refractivity contribution in [3.05, 3.63) is 0 Å². The molecule has 0 aliphatic carbocycles. The van der Waals surface area contributed by atoms with E-state index in [1.165, 1.54) is 6.92 Å². The summed E-state index contributed by atoms with van der Waals surface area (Å²) in [6.07, 6.45) is 0.0255. The molecule has 0 aromatic rings. The van der Waals surface area contributed by atoms with E-state index in [0.29, 0.717) is 0 Å². The van der Waals surface area contributed by atoms with Gasteiger partial charge in [-0.1, -0.05) is 0 Å². The molecule has 0 saturated heterocycles. The fourth-order valence-corrected chi connectivity index (χ4v) is 0.332. The van der Waals surface area contributed by atoms with E-state index in [4.69, 9.17) is 0 Å². The average Bonchev–Trinajstić information content (AvgIpc) is 1.27. The van der Waals surface area contributed by atoms with E-state index in [1.54, 1.807) is 0 Å². The van der Waals surface area contributed by atoms with Crippen molar-refractivity contribution in [1.29, 1.82) is 0 Å². The van der Waals surface area contributed by atoms with Crippen LogP contribution in [0, 0.1) is 0 Å². The standard InChI is InChI=1S/C5H10O2.K.H/c1-4(2)7-5(3)6;;/h4H,1-3H3;;. The van der Waals surface area contributed by atoms with Crippen LogP contribution in [0.1, 0.15) is 20.8 Å². The van der Waals surface area contributed by atoms with Gasteiger partial charge in [-0.2, -0.15) is 0 Å². The molecule has 0 N–H and O–H groups in total. The van der Waals surface area contributed by atoms with E-state index < -0.39 is 0 Å². The monoisotopic (exact) mass is 142 g/mol. The van der Waals surface area contributed by atoms with Gasteiger partial charge in [-0.25, -0.2) is 0 Å². The van der Waals surface area contributed by atoms with Gasteiger partial charge in [-0.3, -0.25) is 4.79 Å². The minimum absolute atomic E-state index is 0. The van der Waals surface area contributed by atoms with Crippen molar-refractivity contribution in [3.63, 3.8) is 0 Å². The quantitative estimate of drug-likeness (QED) is 0.389. The Kier molecular flexibility index (Phi) is 9.23. The molecule has 0 radical (unpaired) electrons. The van der Waals surface area contributed by atoms with Crippen molar-refractivity contribution in [1.82, 2.24) is 0 Å². The zero-order chi connectivity index (χ0) is 5.86. The molecule has 0 aliphatic heterocycles. The van der Waals surface area contributed by atoms with E-state index in [1.807, 2.05) is 13.8 Å². The van der Waals surface area contributed by atoms with Gasteiger partial charge >= 0.3 is 57.4 Å². The zero-order valence-electron chi connectivity index (χ0n) is 4.89. The predicted molar refractivity (Wildman–Crippen MR) is 34.1 cm³/mol. The third-order valence-electron chi connectivity index (χ3n) is 0.402. The summed E-state index contributed by atoms with van der Waals surface area (Å²) in [5, 5.41) is 0. The van der Waals surface area contributed by atoms with Gasteiger partial charge in [0.05, 0.1) is 6.10 Å². The van der Waals surface area contributed by atoms with Crippen molar-refractivity contribution in [2.45, 2.75) is 26.9 Å². The summed E-state index contributed by atoms with van der Waals surface area (Å²) < 4.78 is 4.61. The molecular weight excluding hydrogens is 131 g/mol. The molecule has 0 saturated carbocycles. The maximum absolute atomic E-state index is 10.0. The summed E-state index contributed by atoms with van der Waals surface area (Å²) in [5.41, 5.74) is 0. The molecule has 0 unspecified atom stereocenters. The number of hydrogen-bond donors (Lipinski definition) is 0. The molecule has 0 amide bonds. The van der Waals surface area contributed by atoms with E-state index in [2.05, 4.69) is 4.74 Å². The Labute approximate surface area is 92.4 Å². The molecule has 8 heavy (non-hydrogen) atoms. The van der Waals surface area contributed by atoms with Crippen LogP contribution in [0.4, 0.5) is 0 Å². The van der Waals surface area contributed by atoms with Crippen LogP contribution in [0.25, 0.3) is 0 Å². The number of esters is 1. The van der Waals surface area contributed by atoms with E-state index in [0.717, 1.165) is 0 Å². The summed E-state index contributed by atoms with van der Waals surface area (Å²) in [4.78, 5) is 10.0. The van der Waals surface area contributed by atoms with Gasteiger partial charge in [0, 0.05) is 6.92 Å². The summed E-state index contributed by atoms with van der Waals surface area (Å²) in [5.74, 6) is -0.213. The third kappa shape index (κ3) is 10.2. The summed E-state index contributed by atoms with van der Waals surface area (Å²) >= 11 is 0. The van der Waals surface area contributed by atoms with Crippen LogP contribution in [-0.2, 0) is 9.53 Å². The average molecular weight is 142 g/mol. The van der Waals surface area contributed by atoms with Crippen LogP contribution in [-0.4, -0.2) is 63.5 Å². The SMILES string of the molecule is CC(=O)OC(C)C.[KH]. The normalized spacial score (nSPS) is 8.00. The number of hydrogen-bond acceptors (Lipinski definition) is 2.